The van der Waals surface area contributed by atoms with Gasteiger partial charge in [-0.15, -0.1) is 0 Å². The first-order chi connectivity index (χ1) is 9.76. The fraction of sp³-hybridized carbons (Fsp3) is 0.412. The van der Waals surface area contributed by atoms with Crippen molar-refractivity contribution < 1.29 is 0 Å². The lowest BCUT2D eigenvalue weighted by Crippen LogP contribution is -2.27. The van der Waals surface area contributed by atoms with Crippen molar-refractivity contribution in [1.82, 2.24) is 9.97 Å². The van der Waals surface area contributed by atoms with Crippen molar-refractivity contribution in [1.29, 1.82) is 0 Å². The predicted octanol–water partition coefficient (Wildman–Crippen LogP) is 4.36. The van der Waals surface area contributed by atoms with Crippen molar-refractivity contribution in [2.24, 2.45) is 0 Å². The van der Waals surface area contributed by atoms with E-state index in [2.05, 4.69) is 73.4 Å². The van der Waals surface area contributed by atoms with Crippen LogP contribution in [0.3, 0.4) is 0 Å². The molecule has 0 spiro atoms. The van der Waals surface area contributed by atoms with Crippen LogP contribution in [0.5, 0.6) is 0 Å². The van der Waals surface area contributed by atoms with Crippen LogP contribution in [-0.4, -0.2) is 15.5 Å². The van der Waals surface area contributed by atoms with Crippen LogP contribution >= 0.6 is 0 Å². The lowest BCUT2D eigenvalue weighted by molar-refractivity contribution is 0.626. The normalized spacial score (nSPS) is 11.3. The van der Waals surface area contributed by atoms with Crippen molar-refractivity contribution in [3.63, 3.8) is 0 Å². The Labute approximate surface area is 127 Å². The number of nitrogens with one attached hydrogen (secondary N) is 2. The Bertz CT molecular complexity index is 642. The fourth-order valence-electron chi connectivity index (χ4n) is 1.98. The Morgan fingerprint density at radius 3 is 2.38 bits per heavy atom. The number of aromatic nitrogens is 2. The summed E-state index contributed by atoms with van der Waals surface area (Å²) in [6.07, 6.45) is 1.84. The van der Waals surface area contributed by atoms with Crippen molar-refractivity contribution >= 4 is 17.5 Å². The Balaban J connectivity index is 2.31. The number of hydrogen-bond acceptors (Lipinski definition) is 4. The molecule has 0 aliphatic carbocycles. The third-order valence-electron chi connectivity index (χ3n) is 3.32. The van der Waals surface area contributed by atoms with Gasteiger partial charge in [0, 0.05) is 23.0 Å². The largest absolute Gasteiger partial charge is 0.350 e. The van der Waals surface area contributed by atoms with Crippen LogP contribution in [0.4, 0.5) is 17.5 Å². The molecule has 1 aromatic heterocycles. The van der Waals surface area contributed by atoms with Gasteiger partial charge in [0.15, 0.2) is 0 Å². The highest BCUT2D eigenvalue weighted by Gasteiger charge is 2.13. The Morgan fingerprint density at radius 1 is 1.00 bits per heavy atom. The molecule has 112 valence electrons. The van der Waals surface area contributed by atoms with Gasteiger partial charge in [0.2, 0.25) is 5.95 Å². The highest BCUT2D eigenvalue weighted by atomic mass is 15.2. The van der Waals surface area contributed by atoms with E-state index in [-0.39, 0.29) is 5.54 Å². The summed E-state index contributed by atoms with van der Waals surface area (Å²) in [7, 11) is 0. The van der Waals surface area contributed by atoms with E-state index in [0.29, 0.717) is 5.95 Å². The first-order valence-corrected chi connectivity index (χ1v) is 7.21. The molecule has 2 N–H and O–H groups in total. The maximum absolute atomic E-state index is 4.59. The summed E-state index contributed by atoms with van der Waals surface area (Å²) in [5.41, 5.74) is 4.54. The smallest absolute Gasteiger partial charge is 0.225 e. The van der Waals surface area contributed by atoms with E-state index in [1.54, 1.807) is 0 Å². The molecule has 0 fully saturated rings. The van der Waals surface area contributed by atoms with Gasteiger partial charge in [-0.2, -0.15) is 4.98 Å². The SMILES string of the molecule is Cc1cnc(NC(C)(C)C)nc1Nc1cccc(C)c1C. The molecular formula is C17H24N4. The summed E-state index contributed by atoms with van der Waals surface area (Å²) >= 11 is 0. The molecule has 0 atom stereocenters. The molecule has 0 aliphatic heterocycles. The van der Waals surface area contributed by atoms with Gasteiger partial charge in [-0.1, -0.05) is 12.1 Å². The molecule has 0 radical (unpaired) electrons. The van der Waals surface area contributed by atoms with E-state index >= 15 is 0 Å². The monoisotopic (exact) mass is 284 g/mol. The molecule has 0 unspecified atom stereocenters. The van der Waals surface area contributed by atoms with Gasteiger partial charge in [0.25, 0.3) is 0 Å². The van der Waals surface area contributed by atoms with Gasteiger partial charge in [-0.25, -0.2) is 4.98 Å². The molecule has 1 heterocycles. The minimum absolute atomic E-state index is 0.0637. The summed E-state index contributed by atoms with van der Waals surface area (Å²) in [6, 6.07) is 6.23. The third-order valence-corrected chi connectivity index (χ3v) is 3.32. The van der Waals surface area contributed by atoms with Crippen molar-refractivity contribution in [2.45, 2.75) is 47.1 Å². The van der Waals surface area contributed by atoms with Crippen LogP contribution in [-0.2, 0) is 0 Å². The molecule has 0 saturated carbocycles. The van der Waals surface area contributed by atoms with Crippen molar-refractivity contribution in [3.05, 3.63) is 41.1 Å². The highest BCUT2D eigenvalue weighted by molar-refractivity contribution is 5.64. The second-order valence-electron chi connectivity index (χ2n) is 6.47. The fourth-order valence-corrected chi connectivity index (χ4v) is 1.98. The molecule has 4 heteroatoms. The van der Waals surface area contributed by atoms with E-state index in [1.807, 2.05) is 13.1 Å². The van der Waals surface area contributed by atoms with E-state index in [0.717, 1.165) is 17.1 Å². The van der Waals surface area contributed by atoms with Crippen LogP contribution in [0.15, 0.2) is 24.4 Å². The molecule has 0 amide bonds. The van der Waals surface area contributed by atoms with Gasteiger partial charge in [-0.05, 0) is 58.7 Å². The molecule has 4 nitrogen and oxygen atoms in total. The minimum atomic E-state index is -0.0637. The summed E-state index contributed by atoms with van der Waals surface area (Å²) in [5, 5.41) is 6.71. The van der Waals surface area contributed by atoms with Crippen LogP contribution in [0.25, 0.3) is 0 Å². The average Bonchev–Trinajstić information content (AvgIpc) is 2.37. The third kappa shape index (κ3) is 3.94. The van der Waals surface area contributed by atoms with E-state index in [9.17, 15) is 0 Å². The molecular weight excluding hydrogens is 260 g/mol. The summed E-state index contributed by atoms with van der Waals surface area (Å²) in [4.78, 5) is 8.93. The number of benzene rings is 1. The summed E-state index contributed by atoms with van der Waals surface area (Å²) in [5.74, 6) is 1.48. The number of rotatable bonds is 3. The Kier molecular flexibility index (Phi) is 4.16. The van der Waals surface area contributed by atoms with Crippen LogP contribution < -0.4 is 10.6 Å². The van der Waals surface area contributed by atoms with Gasteiger partial charge in [0.1, 0.15) is 5.82 Å². The number of nitrogens with zero attached hydrogens (tertiary/aromatic N) is 2. The van der Waals surface area contributed by atoms with E-state index < -0.39 is 0 Å². The quantitative estimate of drug-likeness (QED) is 0.879. The van der Waals surface area contributed by atoms with E-state index in [1.165, 1.54) is 11.1 Å². The lowest BCUT2D eigenvalue weighted by Gasteiger charge is -2.21. The molecule has 1 aromatic carbocycles. The van der Waals surface area contributed by atoms with Crippen molar-refractivity contribution in [3.8, 4) is 0 Å². The zero-order chi connectivity index (χ0) is 15.6. The number of hydrogen-bond donors (Lipinski definition) is 2. The number of aryl methyl sites for hydroxylation is 2. The summed E-state index contributed by atoms with van der Waals surface area (Å²) < 4.78 is 0. The average molecular weight is 284 g/mol. The zero-order valence-corrected chi connectivity index (χ0v) is 13.7. The first-order valence-electron chi connectivity index (χ1n) is 7.21. The molecule has 0 bridgehead atoms. The Morgan fingerprint density at radius 2 is 1.71 bits per heavy atom. The first kappa shape index (κ1) is 15.3. The summed E-state index contributed by atoms with van der Waals surface area (Å²) in [6.45, 7) is 12.5. The maximum Gasteiger partial charge on any atom is 0.225 e. The van der Waals surface area contributed by atoms with Crippen LogP contribution in [0.1, 0.15) is 37.5 Å². The maximum atomic E-state index is 4.59. The van der Waals surface area contributed by atoms with Gasteiger partial charge in [-0.3, -0.25) is 0 Å². The van der Waals surface area contributed by atoms with Gasteiger partial charge in [0.05, 0.1) is 0 Å². The van der Waals surface area contributed by atoms with Gasteiger partial charge < -0.3 is 10.6 Å². The standard InChI is InChI=1S/C17H24N4/c1-11-8-7-9-14(13(11)3)19-15-12(2)10-18-16(20-15)21-17(4,5)6/h7-10H,1-6H3,(H2,18,19,20,21). The molecule has 2 rings (SSSR count). The van der Waals surface area contributed by atoms with E-state index in [4.69, 9.17) is 0 Å². The molecule has 2 aromatic rings. The van der Waals surface area contributed by atoms with Crippen LogP contribution in [0.2, 0.25) is 0 Å². The predicted molar refractivity (Wildman–Crippen MR) is 89.3 cm³/mol. The molecule has 0 saturated heterocycles. The molecule has 0 aliphatic rings. The second-order valence-corrected chi connectivity index (χ2v) is 6.47. The topological polar surface area (TPSA) is 49.8 Å². The van der Waals surface area contributed by atoms with Crippen molar-refractivity contribution in [2.75, 3.05) is 10.6 Å². The Hall–Kier alpha value is -2.10. The zero-order valence-electron chi connectivity index (χ0n) is 13.7. The van der Waals surface area contributed by atoms with Gasteiger partial charge >= 0.3 is 0 Å². The number of anilines is 3. The minimum Gasteiger partial charge on any atom is -0.350 e. The highest BCUT2D eigenvalue weighted by Crippen LogP contribution is 2.24. The molecule has 21 heavy (non-hydrogen) atoms. The lowest BCUT2D eigenvalue weighted by atomic mass is 10.1. The second kappa shape index (κ2) is 5.72. The van der Waals surface area contributed by atoms with Crippen LogP contribution in [0, 0.1) is 20.8 Å².